The molecule has 0 aliphatic heterocycles. The first-order valence-corrected chi connectivity index (χ1v) is 6.54. The van der Waals surface area contributed by atoms with Crippen molar-refractivity contribution >= 4 is 33.4 Å². The summed E-state index contributed by atoms with van der Waals surface area (Å²) in [5, 5.41) is 2.56. The lowest BCUT2D eigenvalue weighted by Crippen LogP contribution is -1.96. The third kappa shape index (κ3) is 2.99. The Kier molecular flexibility index (Phi) is 4.41. The van der Waals surface area contributed by atoms with Gasteiger partial charge in [-0.3, -0.25) is 0 Å². The molecule has 0 saturated heterocycles. The minimum absolute atomic E-state index is 0.499. The van der Waals surface area contributed by atoms with Gasteiger partial charge in [-0.1, -0.05) is 42.3 Å². The lowest BCUT2D eigenvalue weighted by Gasteiger charge is -2.07. The van der Waals surface area contributed by atoms with E-state index in [9.17, 15) is 0 Å². The lowest BCUT2D eigenvalue weighted by molar-refractivity contribution is 0.153. The predicted octanol–water partition coefficient (Wildman–Crippen LogP) is 3.98. The van der Waals surface area contributed by atoms with E-state index in [1.165, 1.54) is 19.9 Å². The van der Waals surface area contributed by atoms with Crippen LogP contribution in [-0.4, -0.2) is 6.61 Å². The van der Waals surface area contributed by atoms with Gasteiger partial charge in [0, 0.05) is 3.57 Å². The number of hydrogen-bond acceptors (Lipinski definition) is 1. The standard InChI is InChI=1S/C15H13IO/c1-2-3-10-17-11-13-9-8-12-6-4-5-7-14(12)15(13)16/h4-9H,10-11H2,1H3. The number of rotatable bonds is 3. The third-order valence-corrected chi connectivity index (χ3v) is 3.83. The van der Waals surface area contributed by atoms with E-state index in [1.807, 2.05) is 6.92 Å². The maximum Gasteiger partial charge on any atom is 0.108 e. The highest BCUT2D eigenvalue weighted by Crippen LogP contribution is 2.24. The van der Waals surface area contributed by atoms with E-state index in [0.29, 0.717) is 13.2 Å². The zero-order valence-corrected chi connectivity index (χ0v) is 11.8. The summed E-state index contributed by atoms with van der Waals surface area (Å²) < 4.78 is 6.78. The average Bonchev–Trinajstić information content (AvgIpc) is 2.37. The summed E-state index contributed by atoms with van der Waals surface area (Å²) in [5.41, 5.74) is 1.22. The van der Waals surface area contributed by atoms with Crippen molar-refractivity contribution in [3.63, 3.8) is 0 Å². The van der Waals surface area contributed by atoms with Gasteiger partial charge in [0.15, 0.2) is 0 Å². The first-order chi connectivity index (χ1) is 8.33. The summed E-state index contributed by atoms with van der Waals surface area (Å²) >= 11 is 2.38. The van der Waals surface area contributed by atoms with Gasteiger partial charge in [0.1, 0.15) is 6.61 Å². The maximum atomic E-state index is 5.51. The highest BCUT2D eigenvalue weighted by Gasteiger charge is 2.04. The summed E-state index contributed by atoms with van der Waals surface area (Å²) in [4.78, 5) is 0. The van der Waals surface area contributed by atoms with E-state index in [-0.39, 0.29) is 0 Å². The number of halogens is 1. The Balaban J connectivity index is 2.22. The Morgan fingerprint density at radius 1 is 1.18 bits per heavy atom. The van der Waals surface area contributed by atoms with Gasteiger partial charge in [0.2, 0.25) is 0 Å². The van der Waals surface area contributed by atoms with Crippen molar-refractivity contribution in [2.24, 2.45) is 0 Å². The smallest absolute Gasteiger partial charge is 0.108 e. The van der Waals surface area contributed by atoms with Crippen molar-refractivity contribution in [3.8, 4) is 11.8 Å². The van der Waals surface area contributed by atoms with Crippen LogP contribution >= 0.6 is 22.6 Å². The van der Waals surface area contributed by atoms with E-state index < -0.39 is 0 Å². The van der Waals surface area contributed by atoms with Gasteiger partial charge in [-0.15, -0.1) is 5.92 Å². The van der Waals surface area contributed by atoms with E-state index in [1.54, 1.807) is 0 Å². The molecule has 0 saturated carbocycles. The zero-order chi connectivity index (χ0) is 12.1. The molecule has 86 valence electrons. The molecular formula is C15H13IO. The van der Waals surface area contributed by atoms with Gasteiger partial charge in [-0.05, 0) is 45.9 Å². The Hall–Kier alpha value is -1.05. The van der Waals surface area contributed by atoms with Crippen molar-refractivity contribution in [2.75, 3.05) is 6.61 Å². The minimum Gasteiger partial charge on any atom is -0.364 e. The molecule has 0 N–H and O–H groups in total. The third-order valence-electron chi connectivity index (χ3n) is 2.55. The molecule has 0 radical (unpaired) electrons. The Morgan fingerprint density at radius 2 is 2.00 bits per heavy atom. The van der Waals surface area contributed by atoms with Gasteiger partial charge in [0.25, 0.3) is 0 Å². The fourth-order valence-corrected chi connectivity index (χ4v) is 2.50. The first kappa shape index (κ1) is 12.4. The van der Waals surface area contributed by atoms with Crippen molar-refractivity contribution in [2.45, 2.75) is 13.5 Å². The molecule has 2 rings (SSSR count). The summed E-state index contributed by atoms with van der Waals surface area (Å²) in [6, 6.07) is 12.7. The SMILES string of the molecule is CC#CCOCc1ccc2ccccc2c1I. The molecule has 0 amide bonds. The van der Waals surface area contributed by atoms with Crippen LogP contribution in [-0.2, 0) is 11.3 Å². The molecule has 2 heteroatoms. The molecule has 0 aliphatic rings. The summed E-state index contributed by atoms with van der Waals surface area (Å²) in [5.74, 6) is 5.72. The zero-order valence-electron chi connectivity index (χ0n) is 9.66. The van der Waals surface area contributed by atoms with E-state index in [4.69, 9.17) is 4.74 Å². The molecule has 0 heterocycles. The fourth-order valence-electron chi connectivity index (χ4n) is 1.67. The lowest BCUT2D eigenvalue weighted by atomic mass is 10.1. The molecule has 0 spiro atoms. The Bertz CT molecular complexity index is 578. The molecule has 0 fully saturated rings. The number of ether oxygens (including phenoxy) is 1. The second-order valence-electron chi connectivity index (χ2n) is 3.68. The van der Waals surface area contributed by atoms with E-state index in [0.717, 1.165) is 0 Å². The molecule has 0 bridgehead atoms. The molecular weight excluding hydrogens is 323 g/mol. The summed E-state index contributed by atoms with van der Waals surface area (Å²) in [6.45, 7) is 2.94. The van der Waals surface area contributed by atoms with Crippen LogP contribution in [0.5, 0.6) is 0 Å². The van der Waals surface area contributed by atoms with Crippen molar-refractivity contribution in [1.82, 2.24) is 0 Å². The largest absolute Gasteiger partial charge is 0.364 e. The van der Waals surface area contributed by atoms with Crippen molar-refractivity contribution in [1.29, 1.82) is 0 Å². The molecule has 0 atom stereocenters. The molecule has 2 aromatic rings. The summed E-state index contributed by atoms with van der Waals surface area (Å²) in [7, 11) is 0. The average molecular weight is 336 g/mol. The van der Waals surface area contributed by atoms with Gasteiger partial charge >= 0.3 is 0 Å². The van der Waals surface area contributed by atoms with Crippen LogP contribution in [0.3, 0.4) is 0 Å². The highest BCUT2D eigenvalue weighted by atomic mass is 127. The number of benzene rings is 2. The molecule has 17 heavy (non-hydrogen) atoms. The van der Waals surface area contributed by atoms with Gasteiger partial charge < -0.3 is 4.74 Å². The van der Waals surface area contributed by atoms with Crippen molar-refractivity contribution < 1.29 is 4.74 Å². The molecule has 0 aromatic heterocycles. The van der Waals surface area contributed by atoms with E-state index >= 15 is 0 Å². The van der Waals surface area contributed by atoms with Crippen LogP contribution < -0.4 is 0 Å². The predicted molar refractivity (Wildman–Crippen MR) is 79.8 cm³/mol. The molecule has 1 nitrogen and oxygen atoms in total. The van der Waals surface area contributed by atoms with Crippen LogP contribution in [0.2, 0.25) is 0 Å². The number of fused-ring (bicyclic) bond motifs is 1. The van der Waals surface area contributed by atoms with Crippen LogP contribution in [0.15, 0.2) is 36.4 Å². The first-order valence-electron chi connectivity index (χ1n) is 5.46. The monoisotopic (exact) mass is 336 g/mol. The Morgan fingerprint density at radius 3 is 2.82 bits per heavy atom. The molecule has 0 unspecified atom stereocenters. The normalized spacial score (nSPS) is 10.0. The fraction of sp³-hybridized carbons (Fsp3) is 0.200. The van der Waals surface area contributed by atoms with Crippen molar-refractivity contribution in [3.05, 3.63) is 45.5 Å². The van der Waals surface area contributed by atoms with E-state index in [2.05, 4.69) is 70.8 Å². The quantitative estimate of drug-likeness (QED) is 0.468. The molecule has 0 aliphatic carbocycles. The van der Waals surface area contributed by atoms with Crippen LogP contribution in [0.1, 0.15) is 12.5 Å². The second-order valence-corrected chi connectivity index (χ2v) is 4.76. The topological polar surface area (TPSA) is 9.23 Å². The highest BCUT2D eigenvalue weighted by molar-refractivity contribution is 14.1. The second kappa shape index (κ2) is 6.04. The number of hydrogen-bond donors (Lipinski definition) is 0. The molecule has 2 aromatic carbocycles. The van der Waals surface area contributed by atoms with Crippen LogP contribution in [0.4, 0.5) is 0 Å². The maximum absolute atomic E-state index is 5.51. The Labute approximate surface area is 115 Å². The van der Waals surface area contributed by atoms with Crippen LogP contribution in [0.25, 0.3) is 10.8 Å². The summed E-state index contributed by atoms with van der Waals surface area (Å²) in [6.07, 6.45) is 0. The van der Waals surface area contributed by atoms with Crippen LogP contribution in [0, 0.1) is 15.4 Å². The van der Waals surface area contributed by atoms with Gasteiger partial charge in [-0.25, -0.2) is 0 Å². The van der Waals surface area contributed by atoms with Gasteiger partial charge in [0.05, 0.1) is 6.61 Å². The minimum atomic E-state index is 0.499. The van der Waals surface area contributed by atoms with Gasteiger partial charge in [-0.2, -0.15) is 0 Å².